The van der Waals surface area contributed by atoms with Crippen LogP contribution in [0.5, 0.6) is 0 Å². The molecule has 0 N–H and O–H groups in total. The molecule has 0 aliphatic heterocycles. The standard InChI is InChI=1S/C14H19NO2/c1-14(2)11(10-8-6-5-7-9-10)12(14)13(16)15(3)17-4/h5-9,11-12H,1-4H3. The maximum absolute atomic E-state index is 12.1. The van der Waals surface area contributed by atoms with Crippen LogP contribution in [0, 0.1) is 11.3 Å². The summed E-state index contributed by atoms with van der Waals surface area (Å²) in [7, 11) is 3.18. The molecule has 0 aromatic heterocycles. The normalized spacial score (nSPS) is 25.4. The first kappa shape index (κ1) is 12.1. The second kappa shape index (κ2) is 4.15. The van der Waals surface area contributed by atoms with E-state index < -0.39 is 0 Å². The lowest BCUT2D eigenvalue weighted by molar-refractivity contribution is -0.171. The number of rotatable bonds is 3. The van der Waals surface area contributed by atoms with Crippen LogP contribution >= 0.6 is 0 Å². The molecule has 1 saturated carbocycles. The molecular weight excluding hydrogens is 214 g/mol. The Hall–Kier alpha value is -1.35. The van der Waals surface area contributed by atoms with Crippen molar-refractivity contribution >= 4 is 5.91 Å². The zero-order chi connectivity index (χ0) is 12.6. The van der Waals surface area contributed by atoms with Crippen molar-refractivity contribution in [1.29, 1.82) is 0 Å². The van der Waals surface area contributed by atoms with Gasteiger partial charge in [-0.05, 0) is 11.0 Å². The molecule has 0 spiro atoms. The summed E-state index contributed by atoms with van der Waals surface area (Å²) >= 11 is 0. The van der Waals surface area contributed by atoms with E-state index in [4.69, 9.17) is 4.84 Å². The summed E-state index contributed by atoms with van der Waals surface area (Å²) in [5.74, 6) is 0.384. The summed E-state index contributed by atoms with van der Waals surface area (Å²) in [5.41, 5.74) is 1.26. The minimum absolute atomic E-state index is 0.0191. The Balaban J connectivity index is 2.20. The predicted octanol–water partition coefficient (Wildman–Crippen LogP) is 2.45. The van der Waals surface area contributed by atoms with Gasteiger partial charge in [0.15, 0.2) is 0 Å². The van der Waals surface area contributed by atoms with Gasteiger partial charge in [0.2, 0.25) is 5.91 Å². The van der Waals surface area contributed by atoms with Crippen LogP contribution in [0.3, 0.4) is 0 Å². The number of hydrogen-bond donors (Lipinski definition) is 0. The van der Waals surface area contributed by atoms with E-state index in [2.05, 4.69) is 26.0 Å². The lowest BCUT2D eigenvalue weighted by atomic mass is 10.0. The zero-order valence-electron chi connectivity index (χ0n) is 10.8. The molecule has 1 aliphatic carbocycles. The van der Waals surface area contributed by atoms with Crippen LogP contribution in [0.2, 0.25) is 0 Å². The smallest absolute Gasteiger partial charge is 0.250 e. The number of hydrogen-bond acceptors (Lipinski definition) is 2. The first-order chi connectivity index (χ1) is 8.00. The zero-order valence-corrected chi connectivity index (χ0v) is 10.8. The lowest BCUT2D eigenvalue weighted by Crippen LogP contribution is -2.28. The van der Waals surface area contributed by atoms with E-state index in [1.807, 2.05) is 18.2 Å². The molecule has 1 fully saturated rings. The fraction of sp³-hybridized carbons (Fsp3) is 0.500. The summed E-state index contributed by atoms with van der Waals surface area (Å²) in [6, 6.07) is 10.2. The second-order valence-electron chi connectivity index (χ2n) is 5.21. The molecule has 0 radical (unpaired) electrons. The molecule has 0 saturated heterocycles. The molecule has 0 bridgehead atoms. The van der Waals surface area contributed by atoms with Crippen molar-refractivity contribution in [2.75, 3.05) is 14.2 Å². The van der Waals surface area contributed by atoms with E-state index >= 15 is 0 Å². The maximum atomic E-state index is 12.1. The third-order valence-electron chi connectivity index (χ3n) is 3.84. The predicted molar refractivity (Wildman–Crippen MR) is 66.2 cm³/mol. The largest absolute Gasteiger partial charge is 0.275 e. The number of hydroxylamine groups is 2. The third-order valence-corrected chi connectivity index (χ3v) is 3.84. The molecular formula is C14H19NO2. The molecule has 2 unspecified atom stereocenters. The summed E-state index contributed by atoms with van der Waals surface area (Å²) in [5, 5.41) is 1.33. The average molecular weight is 233 g/mol. The second-order valence-corrected chi connectivity index (χ2v) is 5.21. The lowest BCUT2D eigenvalue weighted by Gasteiger charge is -2.14. The fourth-order valence-electron chi connectivity index (χ4n) is 2.67. The van der Waals surface area contributed by atoms with Gasteiger partial charge in [-0.25, -0.2) is 5.06 Å². The molecule has 1 aromatic rings. The number of carbonyl (C=O) groups is 1. The SMILES string of the molecule is CON(C)C(=O)C1C(c2ccccc2)C1(C)C. The van der Waals surface area contributed by atoms with Gasteiger partial charge in [-0.3, -0.25) is 9.63 Å². The third kappa shape index (κ3) is 1.95. The first-order valence-electron chi connectivity index (χ1n) is 5.86. The Morgan fingerprint density at radius 1 is 1.29 bits per heavy atom. The summed E-state index contributed by atoms with van der Waals surface area (Å²) in [6.45, 7) is 4.27. The summed E-state index contributed by atoms with van der Waals surface area (Å²) in [6.07, 6.45) is 0. The highest BCUT2D eigenvalue weighted by molar-refractivity contribution is 5.83. The van der Waals surface area contributed by atoms with Crippen molar-refractivity contribution in [3.05, 3.63) is 35.9 Å². The molecule has 2 rings (SSSR count). The molecule has 0 heterocycles. The van der Waals surface area contributed by atoms with Crippen molar-refractivity contribution in [2.24, 2.45) is 11.3 Å². The van der Waals surface area contributed by atoms with Gasteiger partial charge in [0.05, 0.1) is 13.0 Å². The minimum Gasteiger partial charge on any atom is -0.275 e. The number of nitrogens with zero attached hydrogens (tertiary/aromatic N) is 1. The van der Waals surface area contributed by atoms with Crippen molar-refractivity contribution in [3.8, 4) is 0 Å². The minimum atomic E-state index is 0.0191. The van der Waals surface area contributed by atoms with Gasteiger partial charge in [-0.2, -0.15) is 0 Å². The van der Waals surface area contributed by atoms with E-state index in [1.165, 1.54) is 17.7 Å². The van der Waals surface area contributed by atoms with Crippen LogP contribution in [0.25, 0.3) is 0 Å². The van der Waals surface area contributed by atoms with E-state index in [0.717, 1.165) is 0 Å². The molecule has 92 valence electrons. The van der Waals surface area contributed by atoms with E-state index in [-0.39, 0.29) is 17.2 Å². The van der Waals surface area contributed by atoms with Crippen molar-refractivity contribution < 1.29 is 9.63 Å². The Bertz CT molecular complexity index is 413. The molecule has 17 heavy (non-hydrogen) atoms. The van der Waals surface area contributed by atoms with Gasteiger partial charge in [0.25, 0.3) is 0 Å². The van der Waals surface area contributed by atoms with Crippen LogP contribution < -0.4 is 0 Å². The highest BCUT2D eigenvalue weighted by Crippen LogP contribution is 2.64. The monoisotopic (exact) mass is 233 g/mol. The van der Waals surface area contributed by atoms with Crippen LogP contribution in [0.4, 0.5) is 0 Å². The topological polar surface area (TPSA) is 29.5 Å². The highest BCUT2D eigenvalue weighted by Gasteiger charge is 2.62. The van der Waals surface area contributed by atoms with E-state index in [9.17, 15) is 4.79 Å². The Kier molecular flexibility index (Phi) is 2.96. The van der Waals surface area contributed by atoms with Crippen molar-refractivity contribution in [1.82, 2.24) is 5.06 Å². The van der Waals surface area contributed by atoms with E-state index in [0.29, 0.717) is 5.92 Å². The average Bonchev–Trinajstić information content (AvgIpc) is 2.91. The quantitative estimate of drug-likeness (QED) is 0.750. The maximum Gasteiger partial charge on any atom is 0.250 e. The van der Waals surface area contributed by atoms with Crippen LogP contribution in [0.1, 0.15) is 25.3 Å². The van der Waals surface area contributed by atoms with Gasteiger partial charge in [0, 0.05) is 13.0 Å². The van der Waals surface area contributed by atoms with Crippen LogP contribution in [-0.2, 0) is 9.63 Å². The highest BCUT2D eigenvalue weighted by atomic mass is 16.7. The first-order valence-corrected chi connectivity index (χ1v) is 5.86. The van der Waals surface area contributed by atoms with Crippen LogP contribution in [-0.4, -0.2) is 25.1 Å². The molecule has 1 aromatic carbocycles. The van der Waals surface area contributed by atoms with Crippen molar-refractivity contribution in [3.63, 3.8) is 0 Å². The van der Waals surface area contributed by atoms with Crippen molar-refractivity contribution in [2.45, 2.75) is 19.8 Å². The fourth-order valence-corrected chi connectivity index (χ4v) is 2.67. The number of benzene rings is 1. The van der Waals surface area contributed by atoms with Gasteiger partial charge >= 0.3 is 0 Å². The molecule has 1 aliphatic rings. The molecule has 3 nitrogen and oxygen atoms in total. The summed E-state index contributed by atoms with van der Waals surface area (Å²) < 4.78 is 0. The molecule has 2 atom stereocenters. The van der Waals surface area contributed by atoms with Gasteiger partial charge < -0.3 is 0 Å². The van der Waals surface area contributed by atoms with Gasteiger partial charge in [-0.15, -0.1) is 0 Å². The van der Waals surface area contributed by atoms with Gasteiger partial charge in [0.1, 0.15) is 0 Å². The molecule has 1 amide bonds. The van der Waals surface area contributed by atoms with Crippen LogP contribution in [0.15, 0.2) is 30.3 Å². The van der Waals surface area contributed by atoms with Gasteiger partial charge in [-0.1, -0.05) is 44.2 Å². The Morgan fingerprint density at radius 2 is 1.88 bits per heavy atom. The summed E-state index contributed by atoms with van der Waals surface area (Å²) in [4.78, 5) is 17.1. The Labute approximate surface area is 102 Å². The molecule has 3 heteroatoms. The number of amides is 1. The number of carbonyl (C=O) groups excluding carboxylic acids is 1. The Morgan fingerprint density at radius 3 is 2.41 bits per heavy atom. The van der Waals surface area contributed by atoms with E-state index in [1.54, 1.807) is 7.05 Å².